The van der Waals surface area contributed by atoms with Gasteiger partial charge in [0.05, 0.1) is 6.07 Å². The molecule has 0 aliphatic heterocycles. The number of nitriles is 1. The normalized spacial score (nSPS) is 12.1. The minimum Gasteiger partial charge on any atom is -0.310 e. The minimum absolute atomic E-state index is 0.345. The molecule has 3 heteroatoms. The van der Waals surface area contributed by atoms with Crippen molar-refractivity contribution in [1.82, 2.24) is 5.32 Å². The van der Waals surface area contributed by atoms with Gasteiger partial charge in [-0.1, -0.05) is 34.1 Å². The van der Waals surface area contributed by atoms with Crippen LogP contribution in [0.15, 0.2) is 28.7 Å². The van der Waals surface area contributed by atoms with Gasteiger partial charge in [0.1, 0.15) is 0 Å². The Morgan fingerprint density at radius 2 is 2.12 bits per heavy atom. The summed E-state index contributed by atoms with van der Waals surface area (Å²) in [4.78, 5) is 0. The van der Waals surface area contributed by atoms with Gasteiger partial charge in [-0.2, -0.15) is 5.26 Å². The molecule has 1 N–H and O–H groups in total. The topological polar surface area (TPSA) is 35.8 Å². The van der Waals surface area contributed by atoms with Crippen molar-refractivity contribution < 1.29 is 0 Å². The van der Waals surface area contributed by atoms with E-state index in [1.165, 1.54) is 5.56 Å². The highest BCUT2D eigenvalue weighted by Gasteiger charge is 2.06. The number of benzene rings is 1. The van der Waals surface area contributed by atoms with Gasteiger partial charge in [-0.3, -0.25) is 0 Å². The highest BCUT2D eigenvalue weighted by Crippen LogP contribution is 2.22. The van der Waals surface area contributed by atoms with Gasteiger partial charge in [0.25, 0.3) is 0 Å². The van der Waals surface area contributed by atoms with E-state index in [-0.39, 0.29) is 0 Å². The standard InChI is InChI=1S/C13H17BrN2/c1-11(16-10-6-2-5-9-15)12-7-3-4-8-13(12)14/h3-4,7-8,11,16H,2,5-6,10H2,1H3/t11-/m1/s1. The van der Waals surface area contributed by atoms with Crippen LogP contribution in [0.4, 0.5) is 0 Å². The predicted octanol–water partition coefficient (Wildman–Crippen LogP) is 3.79. The number of nitrogens with zero attached hydrogens (tertiary/aromatic N) is 1. The first-order valence-corrected chi connectivity index (χ1v) is 6.39. The Kier molecular flexibility index (Phi) is 6.14. The average Bonchev–Trinajstić information content (AvgIpc) is 2.29. The van der Waals surface area contributed by atoms with Gasteiger partial charge in [-0.15, -0.1) is 0 Å². The van der Waals surface area contributed by atoms with Crippen LogP contribution in [0.2, 0.25) is 0 Å². The zero-order valence-electron chi connectivity index (χ0n) is 9.54. The second kappa shape index (κ2) is 7.43. The van der Waals surface area contributed by atoms with E-state index in [4.69, 9.17) is 5.26 Å². The third-order valence-electron chi connectivity index (χ3n) is 2.54. The van der Waals surface area contributed by atoms with E-state index in [1.54, 1.807) is 0 Å². The summed E-state index contributed by atoms with van der Waals surface area (Å²) >= 11 is 3.55. The van der Waals surface area contributed by atoms with Crippen molar-refractivity contribution in [3.63, 3.8) is 0 Å². The molecule has 0 bridgehead atoms. The zero-order chi connectivity index (χ0) is 11.8. The van der Waals surface area contributed by atoms with Gasteiger partial charge in [-0.05, 0) is 37.9 Å². The molecule has 16 heavy (non-hydrogen) atoms. The summed E-state index contributed by atoms with van der Waals surface area (Å²) in [6.45, 7) is 3.12. The molecule has 1 atom stereocenters. The Morgan fingerprint density at radius 3 is 2.81 bits per heavy atom. The van der Waals surface area contributed by atoms with E-state index in [1.807, 2.05) is 12.1 Å². The molecule has 0 unspecified atom stereocenters. The van der Waals surface area contributed by atoms with E-state index >= 15 is 0 Å². The van der Waals surface area contributed by atoms with Crippen LogP contribution in [0.25, 0.3) is 0 Å². The molecule has 1 rings (SSSR count). The molecule has 0 amide bonds. The van der Waals surface area contributed by atoms with Crippen molar-refractivity contribution in [3.8, 4) is 6.07 Å². The molecule has 1 aromatic carbocycles. The van der Waals surface area contributed by atoms with Crippen molar-refractivity contribution in [2.75, 3.05) is 6.54 Å². The predicted molar refractivity (Wildman–Crippen MR) is 70.0 cm³/mol. The van der Waals surface area contributed by atoms with Crippen molar-refractivity contribution in [3.05, 3.63) is 34.3 Å². The van der Waals surface area contributed by atoms with Crippen molar-refractivity contribution >= 4 is 15.9 Å². The van der Waals surface area contributed by atoms with E-state index in [0.717, 1.165) is 23.9 Å². The summed E-state index contributed by atoms with van der Waals surface area (Å²) in [5.41, 5.74) is 1.28. The SMILES string of the molecule is C[C@@H](NCCCCC#N)c1ccccc1Br. The fourth-order valence-electron chi connectivity index (χ4n) is 1.58. The van der Waals surface area contributed by atoms with Gasteiger partial charge in [-0.25, -0.2) is 0 Å². The molecule has 0 spiro atoms. The lowest BCUT2D eigenvalue weighted by Crippen LogP contribution is -2.20. The first kappa shape index (κ1) is 13.2. The first-order valence-electron chi connectivity index (χ1n) is 5.60. The first-order chi connectivity index (χ1) is 7.75. The second-order valence-electron chi connectivity index (χ2n) is 3.81. The van der Waals surface area contributed by atoms with Crippen molar-refractivity contribution in [2.24, 2.45) is 0 Å². The van der Waals surface area contributed by atoms with E-state index in [9.17, 15) is 0 Å². The third kappa shape index (κ3) is 4.34. The Hall–Kier alpha value is -0.850. The van der Waals surface area contributed by atoms with Crippen LogP contribution in [-0.4, -0.2) is 6.54 Å². The highest BCUT2D eigenvalue weighted by molar-refractivity contribution is 9.10. The van der Waals surface area contributed by atoms with Crippen LogP contribution in [-0.2, 0) is 0 Å². The average molecular weight is 281 g/mol. The molecule has 1 aromatic rings. The quantitative estimate of drug-likeness (QED) is 0.805. The van der Waals surface area contributed by atoms with Crippen molar-refractivity contribution in [1.29, 1.82) is 5.26 Å². The van der Waals surface area contributed by atoms with Crippen LogP contribution in [0.3, 0.4) is 0 Å². The Balaban J connectivity index is 2.33. The number of halogens is 1. The summed E-state index contributed by atoms with van der Waals surface area (Å²) in [7, 11) is 0. The molecule has 0 fully saturated rings. The summed E-state index contributed by atoms with van der Waals surface area (Å²) in [6.07, 6.45) is 2.69. The molecule has 0 saturated carbocycles. The monoisotopic (exact) mass is 280 g/mol. The van der Waals surface area contributed by atoms with E-state index < -0.39 is 0 Å². The molecule has 0 saturated heterocycles. The molecule has 0 heterocycles. The van der Waals surface area contributed by atoms with E-state index in [0.29, 0.717) is 12.5 Å². The number of hydrogen-bond donors (Lipinski definition) is 1. The van der Waals surface area contributed by atoms with Gasteiger partial charge in [0, 0.05) is 16.9 Å². The Bertz CT molecular complexity index is 357. The lowest BCUT2D eigenvalue weighted by atomic mass is 10.1. The molecule has 86 valence electrons. The van der Waals surface area contributed by atoms with E-state index in [2.05, 4.69) is 46.4 Å². The van der Waals surface area contributed by atoms with Crippen LogP contribution in [0.5, 0.6) is 0 Å². The Labute approximate surface area is 106 Å². The maximum Gasteiger partial charge on any atom is 0.0621 e. The number of hydrogen-bond acceptors (Lipinski definition) is 2. The molecule has 0 aromatic heterocycles. The molecule has 2 nitrogen and oxygen atoms in total. The maximum atomic E-state index is 8.41. The lowest BCUT2D eigenvalue weighted by Gasteiger charge is -2.15. The number of nitrogens with one attached hydrogen (secondary N) is 1. The van der Waals surface area contributed by atoms with Crippen LogP contribution >= 0.6 is 15.9 Å². The van der Waals surface area contributed by atoms with Gasteiger partial charge < -0.3 is 5.32 Å². The highest BCUT2D eigenvalue weighted by atomic mass is 79.9. The van der Waals surface area contributed by atoms with Crippen LogP contribution in [0.1, 0.15) is 37.8 Å². The summed E-state index contributed by atoms with van der Waals surface area (Å²) in [5, 5.41) is 11.9. The molecule has 0 aliphatic rings. The van der Waals surface area contributed by atoms with Gasteiger partial charge in [0.2, 0.25) is 0 Å². The summed E-state index contributed by atoms with van der Waals surface area (Å²) in [5.74, 6) is 0. The fourth-order valence-corrected chi connectivity index (χ4v) is 2.21. The maximum absolute atomic E-state index is 8.41. The van der Waals surface area contributed by atoms with Crippen LogP contribution in [0, 0.1) is 11.3 Å². The Morgan fingerprint density at radius 1 is 1.38 bits per heavy atom. The minimum atomic E-state index is 0.345. The number of rotatable bonds is 6. The summed E-state index contributed by atoms with van der Waals surface area (Å²) < 4.78 is 1.15. The van der Waals surface area contributed by atoms with Crippen molar-refractivity contribution in [2.45, 2.75) is 32.2 Å². The molecule has 0 radical (unpaired) electrons. The smallest absolute Gasteiger partial charge is 0.0621 e. The summed E-state index contributed by atoms with van der Waals surface area (Å²) in [6, 6.07) is 10.8. The largest absolute Gasteiger partial charge is 0.310 e. The molecule has 0 aliphatic carbocycles. The van der Waals surface area contributed by atoms with Gasteiger partial charge >= 0.3 is 0 Å². The molecular weight excluding hydrogens is 264 g/mol. The molecular formula is C13H17BrN2. The number of unbranched alkanes of at least 4 members (excludes halogenated alkanes) is 2. The lowest BCUT2D eigenvalue weighted by molar-refractivity contribution is 0.547. The second-order valence-corrected chi connectivity index (χ2v) is 4.67. The third-order valence-corrected chi connectivity index (χ3v) is 3.26. The fraction of sp³-hybridized carbons (Fsp3) is 0.462. The van der Waals surface area contributed by atoms with Crippen LogP contribution < -0.4 is 5.32 Å². The zero-order valence-corrected chi connectivity index (χ0v) is 11.1. The van der Waals surface area contributed by atoms with Gasteiger partial charge in [0.15, 0.2) is 0 Å².